The average Bonchev–Trinajstić information content (AvgIpc) is 2.32. The van der Waals surface area contributed by atoms with Gasteiger partial charge < -0.3 is 15.1 Å². The van der Waals surface area contributed by atoms with Crippen molar-refractivity contribution in [1.82, 2.24) is 4.90 Å². The highest BCUT2D eigenvalue weighted by molar-refractivity contribution is 6.20. The molecule has 1 amide bonds. The molecule has 1 aromatic rings. The highest BCUT2D eigenvalue weighted by Gasteiger charge is 2.28. The maximum absolute atomic E-state index is 12.2. The second-order valence-corrected chi connectivity index (χ2v) is 5.30. The van der Waals surface area contributed by atoms with Crippen LogP contribution in [0.1, 0.15) is 23.7 Å². The van der Waals surface area contributed by atoms with E-state index in [1.54, 1.807) is 4.90 Å². The van der Waals surface area contributed by atoms with Gasteiger partial charge in [-0.15, -0.1) is 11.6 Å². The number of halogens is 1. The Morgan fingerprint density at radius 2 is 2.17 bits per heavy atom. The Hall–Kier alpha value is -1.42. The number of piperidine rings is 1. The summed E-state index contributed by atoms with van der Waals surface area (Å²) in [5.41, 5.74) is 0.216. The summed E-state index contributed by atoms with van der Waals surface area (Å²) < 4.78 is 0. The number of hydrogen-bond donors (Lipinski definition) is 2. The Morgan fingerprint density at radius 1 is 1.44 bits per heavy atom. The van der Waals surface area contributed by atoms with Crippen LogP contribution in [-0.4, -0.2) is 39.5 Å². The lowest BCUT2D eigenvalue weighted by molar-refractivity contribution is 0.0684. The van der Waals surface area contributed by atoms with E-state index in [-0.39, 0.29) is 34.3 Å². The Morgan fingerprint density at radius 3 is 2.78 bits per heavy atom. The lowest BCUT2D eigenvalue weighted by Gasteiger charge is -2.34. The first-order valence-corrected chi connectivity index (χ1v) is 6.38. The van der Waals surface area contributed by atoms with E-state index in [2.05, 4.69) is 0 Å². The molecule has 0 bridgehead atoms. The number of nitrogens with zero attached hydrogens (tertiary/aromatic N) is 1. The van der Waals surface area contributed by atoms with Crippen molar-refractivity contribution in [3.8, 4) is 11.5 Å². The number of aromatic hydroxyl groups is 2. The Balaban J connectivity index is 2.16. The number of phenolic OH excluding ortho intramolecular Hbond substituents is 2. The van der Waals surface area contributed by atoms with Crippen molar-refractivity contribution in [2.24, 2.45) is 5.92 Å². The standard InChI is InChI=1S/C13H16ClNO3/c1-8-7-15(5-4-11(8)14)13(18)10-3-2-9(16)6-12(10)17/h2-3,6,8,11,16-17H,4-5,7H2,1H3. The van der Waals surface area contributed by atoms with E-state index in [1.807, 2.05) is 6.92 Å². The molecule has 0 saturated carbocycles. The summed E-state index contributed by atoms with van der Waals surface area (Å²) in [5, 5.41) is 19.0. The summed E-state index contributed by atoms with van der Waals surface area (Å²) in [7, 11) is 0. The summed E-state index contributed by atoms with van der Waals surface area (Å²) in [6.07, 6.45) is 0.757. The SMILES string of the molecule is CC1CN(C(=O)c2ccc(O)cc2O)CCC1Cl. The highest BCUT2D eigenvalue weighted by atomic mass is 35.5. The van der Waals surface area contributed by atoms with E-state index < -0.39 is 0 Å². The number of carbonyl (C=O) groups is 1. The third-order valence-electron chi connectivity index (χ3n) is 3.30. The molecule has 1 heterocycles. The van der Waals surface area contributed by atoms with Gasteiger partial charge in [0.2, 0.25) is 0 Å². The van der Waals surface area contributed by atoms with Gasteiger partial charge in [-0.05, 0) is 24.5 Å². The Kier molecular flexibility index (Phi) is 3.66. The molecule has 2 N–H and O–H groups in total. The maximum Gasteiger partial charge on any atom is 0.257 e. The van der Waals surface area contributed by atoms with Crippen LogP contribution in [0.25, 0.3) is 0 Å². The summed E-state index contributed by atoms with van der Waals surface area (Å²) in [5.74, 6) is -0.232. The number of carbonyl (C=O) groups excluding carboxylic acids is 1. The van der Waals surface area contributed by atoms with Crippen LogP contribution in [0.5, 0.6) is 11.5 Å². The summed E-state index contributed by atoms with van der Waals surface area (Å²) in [6.45, 7) is 3.19. The molecule has 2 atom stereocenters. The normalized spacial score (nSPS) is 24.0. The van der Waals surface area contributed by atoms with Crippen LogP contribution in [0.3, 0.4) is 0 Å². The number of phenols is 2. The van der Waals surface area contributed by atoms with Gasteiger partial charge in [0.1, 0.15) is 11.5 Å². The minimum atomic E-state index is -0.220. The van der Waals surface area contributed by atoms with Gasteiger partial charge in [0.15, 0.2) is 0 Å². The van der Waals surface area contributed by atoms with E-state index in [1.165, 1.54) is 18.2 Å². The molecule has 2 rings (SSSR count). The van der Waals surface area contributed by atoms with Gasteiger partial charge in [-0.25, -0.2) is 0 Å². The largest absolute Gasteiger partial charge is 0.508 e. The second-order valence-electron chi connectivity index (χ2n) is 4.73. The van der Waals surface area contributed by atoms with Gasteiger partial charge in [0.05, 0.1) is 5.56 Å². The van der Waals surface area contributed by atoms with Crippen molar-refractivity contribution in [3.63, 3.8) is 0 Å². The third-order valence-corrected chi connectivity index (χ3v) is 3.95. The van der Waals surface area contributed by atoms with Crippen molar-refractivity contribution >= 4 is 17.5 Å². The second kappa shape index (κ2) is 5.06. The van der Waals surface area contributed by atoms with Gasteiger partial charge in [-0.3, -0.25) is 4.79 Å². The smallest absolute Gasteiger partial charge is 0.257 e. The van der Waals surface area contributed by atoms with Crippen molar-refractivity contribution in [1.29, 1.82) is 0 Å². The molecular formula is C13H16ClNO3. The quantitative estimate of drug-likeness (QED) is 0.769. The molecule has 4 nitrogen and oxygen atoms in total. The molecule has 1 fully saturated rings. The number of rotatable bonds is 1. The summed E-state index contributed by atoms with van der Waals surface area (Å²) in [4.78, 5) is 13.9. The van der Waals surface area contributed by atoms with Gasteiger partial charge >= 0.3 is 0 Å². The minimum Gasteiger partial charge on any atom is -0.508 e. The lowest BCUT2D eigenvalue weighted by Crippen LogP contribution is -2.43. The van der Waals surface area contributed by atoms with Crippen LogP contribution >= 0.6 is 11.6 Å². The minimum absolute atomic E-state index is 0.0584. The lowest BCUT2D eigenvalue weighted by atomic mass is 9.98. The molecule has 18 heavy (non-hydrogen) atoms. The molecule has 1 aromatic carbocycles. The molecule has 0 radical (unpaired) electrons. The van der Waals surface area contributed by atoms with Gasteiger partial charge in [0.25, 0.3) is 5.91 Å². The van der Waals surface area contributed by atoms with E-state index in [0.29, 0.717) is 13.1 Å². The predicted molar refractivity (Wildman–Crippen MR) is 69.1 cm³/mol. The van der Waals surface area contributed by atoms with Crippen LogP contribution in [0.4, 0.5) is 0 Å². The van der Waals surface area contributed by atoms with E-state index >= 15 is 0 Å². The summed E-state index contributed by atoms with van der Waals surface area (Å²) >= 11 is 6.11. The van der Waals surface area contributed by atoms with Crippen LogP contribution in [-0.2, 0) is 0 Å². The first-order valence-electron chi connectivity index (χ1n) is 5.94. The first-order chi connectivity index (χ1) is 8.49. The van der Waals surface area contributed by atoms with Crippen molar-refractivity contribution in [2.45, 2.75) is 18.7 Å². The zero-order valence-corrected chi connectivity index (χ0v) is 10.9. The fourth-order valence-electron chi connectivity index (χ4n) is 2.17. The highest BCUT2D eigenvalue weighted by Crippen LogP contribution is 2.27. The Bertz CT molecular complexity index is 464. The molecule has 1 aliphatic heterocycles. The molecular weight excluding hydrogens is 254 g/mol. The number of benzene rings is 1. The van der Waals surface area contributed by atoms with E-state index in [9.17, 15) is 15.0 Å². The predicted octanol–water partition coefficient (Wildman–Crippen LogP) is 2.19. The van der Waals surface area contributed by atoms with E-state index in [4.69, 9.17) is 11.6 Å². The fraction of sp³-hybridized carbons (Fsp3) is 0.462. The van der Waals surface area contributed by atoms with Gasteiger partial charge in [0, 0.05) is 24.5 Å². The molecule has 0 aliphatic carbocycles. The number of hydrogen-bond acceptors (Lipinski definition) is 3. The molecule has 98 valence electrons. The molecule has 0 spiro atoms. The fourth-order valence-corrected chi connectivity index (χ4v) is 2.35. The zero-order valence-electron chi connectivity index (χ0n) is 10.1. The van der Waals surface area contributed by atoms with Crippen LogP contribution < -0.4 is 0 Å². The summed E-state index contributed by atoms with van der Waals surface area (Å²) in [6, 6.07) is 4.00. The number of amides is 1. The molecule has 1 saturated heterocycles. The third kappa shape index (κ3) is 2.53. The number of alkyl halides is 1. The molecule has 1 aliphatic rings. The molecule has 0 aromatic heterocycles. The Labute approximate surface area is 111 Å². The van der Waals surface area contributed by atoms with Crippen LogP contribution in [0, 0.1) is 5.92 Å². The average molecular weight is 270 g/mol. The molecule has 5 heteroatoms. The first kappa shape index (κ1) is 13.0. The van der Waals surface area contributed by atoms with E-state index in [0.717, 1.165) is 6.42 Å². The maximum atomic E-state index is 12.2. The monoisotopic (exact) mass is 269 g/mol. The van der Waals surface area contributed by atoms with Crippen LogP contribution in [0.15, 0.2) is 18.2 Å². The van der Waals surface area contributed by atoms with Crippen molar-refractivity contribution in [3.05, 3.63) is 23.8 Å². The van der Waals surface area contributed by atoms with Gasteiger partial charge in [-0.1, -0.05) is 6.92 Å². The number of likely N-dealkylation sites (tertiary alicyclic amines) is 1. The zero-order chi connectivity index (χ0) is 13.3. The molecule has 2 unspecified atom stereocenters. The van der Waals surface area contributed by atoms with Crippen LogP contribution in [0.2, 0.25) is 0 Å². The van der Waals surface area contributed by atoms with Crippen molar-refractivity contribution < 1.29 is 15.0 Å². The topological polar surface area (TPSA) is 60.8 Å². The van der Waals surface area contributed by atoms with Gasteiger partial charge in [-0.2, -0.15) is 0 Å². The van der Waals surface area contributed by atoms with Crippen molar-refractivity contribution in [2.75, 3.05) is 13.1 Å².